The number of ether oxygens (including phenoxy) is 5. The van der Waals surface area contributed by atoms with Crippen LogP contribution in [-0.4, -0.2) is 50.4 Å². The maximum atomic E-state index is 12.8. The van der Waals surface area contributed by atoms with Crippen LogP contribution in [0.15, 0.2) is 40.8 Å². The largest absolute Gasteiger partial charge is 0.493 e. The fourth-order valence-corrected chi connectivity index (χ4v) is 3.76. The molecule has 29 heavy (non-hydrogen) atoms. The number of halogens is 1. The van der Waals surface area contributed by atoms with Gasteiger partial charge in [-0.1, -0.05) is 12.1 Å². The Morgan fingerprint density at radius 2 is 2.07 bits per heavy atom. The van der Waals surface area contributed by atoms with Crippen LogP contribution < -0.4 is 4.74 Å². The molecule has 1 aliphatic carbocycles. The molecule has 1 heterocycles. The lowest BCUT2D eigenvalue weighted by Crippen LogP contribution is -2.43. The summed E-state index contributed by atoms with van der Waals surface area (Å²) in [6.45, 7) is 2.94. The van der Waals surface area contributed by atoms with Crippen LogP contribution in [0.25, 0.3) is 0 Å². The molecule has 0 saturated heterocycles. The van der Waals surface area contributed by atoms with Crippen molar-refractivity contribution in [3.8, 4) is 5.75 Å². The van der Waals surface area contributed by atoms with Crippen molar-refractivity contribution in [1.29, 1.82) is 0 Å². The normalized spacial score (nSPS) is 23.6. The summed E-state index contributed by atoms with van der Waals surface area (Å²) in [4.78, 5) is 24.5. The SMILES string of the molecule is CCOCCOC(=O)COC1CCC2C(=O)C(Oc3ccccc3Br)=COC2C1. The molecule has 0 radical (unpaired) electrons. The Kier molecular flexibility index (Phi) is 8.09. The van der Waals surface area contributed by atoms with Gasteiger partial charge in [-0.25, -0.2) is 4.79 Å². The van der Waals surface area contributed by atoms with Crippen molar-refractivity contribution in [2.75, 3.05) is 26.4 Å². The molecular weight excluding hydrogens is 444 g/mol. The smallest absolute Gasteiger partial charge is 0.332 e. The minimum Gasteiger partial charge on any atom is -0.493 e. The van der Waals surface area contributed by atoms with Crippen LogP contribution in [0.4, 0.5) is 0 Å². The van der Waals surface area contributed by atoms with E-state index in [1.807, 2.05) is 25.1 Å². The molecule has 3 atom stereocenters. The van der Waals surface area contributed by atoms with E-state index in [1.165, 1.54) is 6.26 Å². The number of allylic oxidation sites excluding steroid dienone is 1. The zero-order valence-electron chi connectivity index (χ0n) is 16.3. The fourth-order valence-electron chi connectivity index (χ4n) is 3.39. The second-order valence-electron chi connectivity index (χ2n) is 6.82. The van der Waals surface area contributed by atoms with E-state index in [-0.39, 0.29) is 42.9 Å². The van der Waals surface area contributed by atoms with Crippen molar-refractivity contribution in [2.24, 2.45) is 5.92 Å². The number of benzene rings is 1. The monoisotopic (exact) mass is 468 g/mol. The van der Waals surface area contributed by atoms with E-state index in [0.717, 1.165) is 4.47 Å². The Hall–Kier alpha value is -1.90. The lowest BCUT2D eigenvalue weighted by atomic mass is 9.80. The van der Waals surface area contributed by atoms with E-state index >= 15 is 0 Å². The third-order valence-corrected chi connectivity index (χ3v) is 5.52. The van der Waals surface area contributed by atoms with Gasteiger partial charge in [-0.15, -0.1) is 0 Å². The van der Waals surface area contributed by atoms with Crippen molar-refractivity contribution < 1.29 is 33.3 Å². The molecule has 1 aromatic rings. The zero-order valence-corrected chi connectivity index (χ0v) is 17.9. The first-order chi connectivity index (χ1) is 14.1. The van der Waals surface area contributed by atoms with Gasteiger partial charge in [0.1, 0.15) is 31.3 Å². The molecule has 0 N–H and O–H groups in total. The minimum atomic E-state index is -0.420. The lowest BCUT2D eigenvalue weighted by Gasteiger charge is -2.37. The third kappa shape index (κ3) is 6.04. The highest BCUT2D eigenvalue weighted by molar-refractivity contribution is 9.10. The molecule has 0 bridgehead atoms. The predicted octanol–water partition coefficient (Wildman–Crippen LogP) is 3.40. The molecule has 8 heteroatoms. The number of fused-ring (bicyclic) bond motifs is 1. The number of hydrogen-bond donors (Lipinski definition) is 0. The Morgan fingerprint density at radius 1 is 1.24 bits per heavy atom. The zero-order chi connectivity index (χ0) is 20.6. The van der Waals surface area contributed by atoms with Gasteiger partial charge in [-0.2, -0.15) is 0 Å². The molecule has 1 saturated carbocycles. The summed E-state index contributed by atoms with van der Waals surface area (Å²) in [6, 6.07) is 7.33. The van der Waals surface area contributed by atoms with E-state index in [2.05, 4.69) is 15.9 Å². The van der Waals surface area contributed by atoms with Gasteiger partial charge in [0.25, 0.3) is 0 Å². The highest BCUT2D eigenvalue weighted by Crippen LogP contribution is 2.36. The second-order valence-corrected chi connectivity index (χ2v) is 7.68. The summed E-state index contributed by atoms with van der Waals surface area (Å²) >= 11 is 3.41. The van der Waals surface area contributed by atoms with Gasteiger partial charge >= 0.3 is 5.97 Å². The van der Waals surface area contributed by atoms with Gasteiger partial charge in [0.05, 0.1) is 23.1 Å². The predicted molar refractivity (Wildman–Crippen MR) is 107 cm³/mol. The molecule has 0 amide bonds. The van der Waals surface area contributed by atoms with E-state index in [4.69, 9.17) is 23.7 Å². The summed E-state index contributed by atoms with van der Waals surface area (Å²) in [5, 5.41) is 0. The number of carbonyl (C=O) groups excluding carboxylic acids is 2. The van der Waals surface area contributed by atoms with Crippen LogP contribution in [0.5, 0.6) is 5.75 Å². The number of para-hydroxylation sites is 1. The number of hydrogen-bond acceptors (Lipinski definition) is 7. The molecule has 7 nitrogen and oxygen atoms in total. The minimum absolute atomic E-state index is 0.0641. The molecule has 1 aliphatic heterocycles. The van der Waals surface area contributed by atoms with Crippen LogP contribution in [0.3, 0.4) is 0 Å². The molecule has 0 aromatic heterocycles. The number of esters is 1. The molecule has 3 rings (SSSR count). The van der Waals surface area contributed by atoms with Crippen LogP contribution in [0.2, 0.25) is 0 Å². The van der Waals surface area contributed by atoms with Crippen LogP contribution in [0, 0.1) is 5.92 Å². The van der Waals surface area contributed by atoms with Gasteiger partial charge in [0.15, 0.2) is 0 Å². The van der Waals surface area contributed by atoms with E-state index in [9.17, 15) is 9.59 Å². The number of rotatable bonds is 9. The molecule has 158 valence electrons. The topological polar surface area (TPSA) is 80.3 Å². The summed E-state index contributed by atoms with van der Waals surface area (Å²) < 4.78 is 28.1. The van der Waals surface area contributed by atoms with E-state index in [0.29, 0.717) is 38.2 Å². The van der Waals surface area contributed by atoms with Crippen molar-refractivity contribution in [3.05, 3.63) is 40.8 Å². The first kappa shape index (κ1) is 21.8. The Bertz CT molecular complexity index is 748. The highest BCUT2D eigenvalue weighted by Gasteiger charge is 2.41. The second kappa shape index (κ2) is 10.8. The van der Waals surface area contributed by atoms with E-state index in [1.54, 1.807) is 6.07 Å². The molecule has 0 spiro atoms. The van der Waals surface area contributed by atoms with Crippen molar-refractivity contribution in [2.45, 2.75) is 38.4 Å². The lowest BCUT2D eigenvalue weighted by molar-refractivity contribution is -0.156. The Labute approximate surface area is 178 Å². The summed E-state index contributed by atoms with van der Waals surface area (Å²) in [5.74, 6) is 0.0159. The maximum absolute atomic E-state index is 12.8. The Morgan fingerprint density at radius 3 is 2.86 bits per heavy atom. The third-order valence-electron chi connectivity index (χ3n) is 4.86. The van der Waals surface area contributed by atoms with Crippen LogP contribution in [0.1, 0.15) is 26.2 Å². The molecule has 1 fully saturated rings. The molecular formula is C21H25BrO7. The highest BCUT2D eigenvalue weighted by atomic mass is 79.9. The number of ketones is 1. The maximum Gasteiger partial charge on any atom is 0.332 e. The Balaban J connectivity index is 1.47. The molecule has 3 unspecified atom stereocenters. The summed E-state index contributed by atoms with van der Waals surface area (Å²) in [6.07, 6.45) is 2.79. The average Bonchev–Trinajstić information content (AvgIpc) is 2.73. The average molecular weight is 469 g/mol. The van der Waals surface area contributed by atoms with Crippen LogP contribution >= 0.6 is 15.9 Å². The number of carbonyl (C=O) groups is 2. The van der Waals surface area contributed by atoms with Crippen LogP contribution in [-0.2, 0) is 28.5 Å². The van der Waals surface area contributed by atoms with Crippen molar-refractivity contribution >= 4 is 27.7 Å². The van der Waals surface area contributed by atoms with Gasteiger partial charge in [0.2, 0.25) is 11.5 Å². The van der Waals surface area contributed by atoms with Gasteiger partial charge < -0.3 is 23.7 Å². The van der Waals surface area contributed by atoms with Gasteiger partial charge in [-0.3, -0.25) is 4.79 Å². The van der Waals surface area contributed by atoms with E-state index < -0.39 is 5.97 Å². The molecule has 1 aromatic carbocycles. The first-order valence-corrected chi connectivity index (χ1v) is 10.5. The number of Topliss-reactive ketones (excluding diaryl/α,β-unsaturated/α-hetero) is 1. The fraction of sp³-hybridized carbons (Fsp3) is 0.524. The summed E-state index contributed by atoms with van der Waals surface area (Å²) in [7, 11) is 0. The van der Waals surface area contributed by atoms with Gasteiger partial charge in [-0.05, 0) is 47.8 Å². The molecule has 2 aliphatic rings. The van der Waals surface area contributed by atoms with Crippen molar-refractivity contribution in [1.82, 2.24) is 0 Å². The standard InChI is InChI=1S/C21H25BrO7/c1-2-25-9-10-26-20(23)13-27-14-7-8-15-18(11-14)28-12-19(21(15)24)29-17-6-4-3-5-16(17)22/h3-6,12,14-15,18H,2,7-11,13H2,1H3. The quantitative estimate of drug-likeness (QED) is 0.405. The van der Waals surface area contributed by atoms with Crippen molar-refractivity contribution in [3.63, 3.8) is 0 Å². The van der Waals surface area contributed by atoms with Gasteiger partial charge in [0, 0.05) is 13.0 Å². The summed E-state index contributed by atoms with van der Waals surface area (Å²) in [5.41, 5.74) is 0. The first-order valence-electron chi connectivity index (χ1n) is 9.75.